The number of amides is 1. The van der Waals surface area contributed by atoms with Gasteiger partial charge in [-0.2, -0.15) is 5.26 Å². The number of hydrogen-bond donors (Lipinski definition) is 1. The normalized spacial score (nSPS) is 11.2. The number of carbonyl (C=O) groups is 1. The fourth-order valence-corrected chi connectivity index (χ4v) is 3.65. The molecule has 0 aliphatic carbocycles. The minimum Gasteiger partial charge on any atom is -0.321 e. The number of aryl methyl sites for hydroxylation is 2. The van der Waals surface area contributed by atoms with E-state index in [4.69, 9.17) is 23.2 Å². The smallest absolute Gasteiger partial charge is 0.266 e. The number of rotatable bonds is 4. The highest BCUT2D eigenvalue weighted by Gasteiger charge is 2.14. The molecule has 6 heteroatoms. The van der Waals surface area contributed by atoms with E-state index in [1.165, 1.54) is 0 Å². The van der Waals surface area contributed by atoms with Crippen LogP contribution in [-0.2, 0) is 4.79 Å². The first-order valence-electron chi connectivity index (χ1n) is 8.93. The SMILES string of the molecule is Cc1ccc(NC(=O)/C(C#N)=C/c2cc(C)n(-c3cc(Cl)cc(Cl)c3)c2C)cc1. The zero-order valence-corrected chi connectivity index (χ0v) is 17.8. The Morgan fingerprint density at radius 3 is 2.24 bits per heavy atom. The van der Waals surface area contributed by atoms with Gasteiger partial charge in [0, 0.05) is 32.8 Å². The van der Waals surface area contributed by atoms with Gasteiger partial charge in [0.05, 0.1) is 0 Å². The third-order valence-corrected chi connectivity index (χ3v) is 4.99. The van der Waals surface area contributed by atoms with Gasteiger partial charge in [0.15, 0.2) is 0 Å². The molecule has 1 N–H and O–H groups in total. The van der Waals surface area contributed by atoms with E-state index in [0.29, 0.717) is 15.7 Å². The molecular weight excluding hydrogens is 405 g/mol. The van der Waals surface area contributed by atoms with Gasteiger partial charge in [-0.05, 0) is 68.8 Å². The maximum Gasteiger partial charge on any atom is 0.266 e. The summed E-state index contributed by atoms with van der Waals surface area (Å²) in [5.74, 6) is -0.452. The van der Waals surface area contributed by atoms with Crippen molar-refractivity contribution in [3.63, 3.8) is 0 Å². The summed E-state index contributed by atoms with van der Waals surface area (Å²) in [5.41, 5.74) is 5.15. The summed E-state index contributed by atoms with van der Waals surface area (Å²) in [4.78, 5) is 12.6. The first-order chi connectivity index (χ1) is 13.8. The van der Waals surface area contributed by atoms with Gasteiger partial charge in [-0.3, -0.25) is 4.79 Å². The van der Waals surface area contributed by atoms with Gasteiger partial charge in [-0.15, -0.1) is 0 Å². The van der Waals surface area contributed by atoms with Crippen LogP contribution >= 0.6 is 23.2 Å². The van der Waals surface area contributed by atoms with Gasteiger partial charge in [-0.1, -0.05) is 40.9 Å². The molecule has 0 atom stereocenters. The Labute approximate surface area is 180 Å². The van der Waals surface area contributed by atoms with E-state index in [0.717, 1.165) is 28.2 Å². The minimum atomic E-state index is -0.452. The molecule has 0 bridgehead atoms. The highest BCUT2D eigenvalue weighted by Crippen LogP contribution is 2.27. The molecule has 0 spiro atoms. The van der Waals surface area contributed by atoms with Gasteiger partial charge in [-0.25, -0.2) is 0 Å². The van der Waals surface area contributed by atoms with Crippen molar-refractivity contribution in [1.82, 2.24) is 4.57 Å². The van der Waals surface area contributed by atoms with Crippen molar-refractivity contribution < 1.29 is 4.79 Å². The zero-order valence-electron chi connectivity index (χ0n) is 16.3. The van der Waals surface area contributed by atoms with Crippen molar-refractivity contribution in [3.05, 3.63) is 86.7 Å². The van der Waals surface area contributed by atoms with E-state index in [9.17, 15) is 10.1 Å². The molecule has 0 saturated heterocycles. The Bertz CT molecular complexity index is 1130. The van der Waals surface area contributed by atoms with Crippen LogP contribution in [0.25, 0.3) is 11.8 Å². The molecule has 1 heterocycles. The average molecular weight is 424 g/mol. The highest BCUT2D eigenvalue weighted by atomic mass is 35.5. The number of benzene rings is 2. The molecule has 0 saturated carbocycles. The van der Waals surface area contributed by atoms with E-state index < -0.39 is 5.91 Å². The summed E-state index contributed by atoms with van der Waals surface area (Å²) in [6.07, 6.45) is 1.59. The maximum absolute atomic E-state index is 12.6. The Morgan fingerprint density at radius 1 is 1.03 bits per heavy atom. The van der Waals surface area contributed by atoms with Gasteiger partial charge >= 0.3 is 0 Å². The van der Waals surface area contributed by atoms with Crippen molar-refractivity contribution in [2.45, 2.75) is 20.8 Å². The van der Waals surface area contributed by atoms with E-state index in [2.05, 4.69) is 5.32 Å². The molecule has 3 rings (SSSR count). The fraction of sp³-hybridized carbons (Fsp3) is 0.130. The lowest BCUT2D eigenvalue weighted by molar-refractivity contribution is -0.112. The van der Waals surface area contributed by atoms with E-state index >= 15 is 0 Å². The van der Waals surface area contributed by atoms with Crippen molar-refractivity contribution in [1.29, 1.82) is 5.26 Å². The van der Waals surface area contributed by atoms with Crippen LogP contribution in [0.4, 0.5) is 5.69 Å². The molecule has 1 aromatic heterocycles. The van der Waals surface area contributed by atoms with Crippen LogP contribution in [-0.4, -0.2) is 10.5 Å². The Hall–Kier alpha value is -3.00. The van der Waals surface area contributed by atoms with E-state index in [1.54, 1.807) is 24.3 Å². The van der Waals surface area contributed by atoms with Crippen LogP contribution in [0, 0.1) is 32.1 Å². The van der Waals surface area contributed by atoms with Crippen molar-refractivity contribution in [3.8, 4) is 11.8 Å². The number of nitrogens with one attached hydrogen (secondary N) is 1. The van der Waals surface area contributed by atoms with E-state index in [1.807, 2.05) is 61.7 Å². The fourth-order valence-electron chi connectivity index (χ4n) is 3.14. The van der Waals surface area contributed by atoms with Crippen LogP contribution in [0.15, 0.2) is 54.1 Å². The van der Waals surface area contributed by atoms with Gasteiger partial charge in [0.2, 0.25) is 0 Å². The molecule has 0 aliphatic rings. The van der Waals surface area contributed by atoms with Crippen molar-refractivity contribution in [2.75, 3.05) is 5.32 Å². The number of nitriles is 1. The Balaban J connectivity index is 1.95. The lowest BCUT2D eigenvalue weighted by Crippen LogP contribution is -2.13. The zero-order chi connectivity index (χ0) is 21.1. The van der Waals surface area contributed by atoms with Gasteiger partial charge < -0.3 is 9.88 Å². The third kappa shape index (κ3) is 4.71. The van der Waals surface area contributed by atoms with Gasteiger partial charge in [0.25, 0.3) is 5.91 Å². The lowest BCUT2D eigenvalue weighted by atomic mass is 10.1. The number of halogens is 2. The van der Waals surface area contributed by atoms with Crippen LogP contribution < -0.4 is 5.32 Å². The summed E-state index contributed by atoms with van der Waals surface area (Å²) in [5, 5.41) is 13.3. The minimum absolute atomic E-state index is 0.0231. The van der Waals surface area contributed by atoms with Crippen LogP contribution in [0.1, 0.15) is 22.5 Å². The highest BCUT2D eigenvalue weighted by molar-refractivity contribution is 6.34. The number of aromatic nitrogens is 1. The van der Waals surface area contributed by atoms with Crippen molar-refractivity contribution >= 4 is 40.9 Å². The summed E-state index contributed by atoms with van der Waals surface area (Å²) >= 11 is 12.3. The first kappa shape index (κ1) is 20.7. The number of anilines is 1. The number of hydrogen-bond acceptors (Lipinski definition) is 2. The molecule has 1 amide bonds. The van der Waals surface area contributed by atoms with E-state index in [-0.39, 0.29) is 5.57 Å². The first-order valence-corrected chi connectivity index (χ1v) is 9.69. The largest absolute Gasteiger partial charge is 0.321 e. The molecular formula is C23H19Cl2N3O. The number of nitrogens with zero attached hydrogens (tertiary/aromatic N) is 2. The number of carbonyl (C=O) groups excluding carboxylic acids is 1. The Kier molecular flexibility index (Phi) is 6.12. The quantitative estimate of drug-likeness (QED) is 0.397. The van der Waals surface area contributed by atoms with Crippen LogP contribution in [0.3, 0.4) is 0 Å². The molecule has 0 fully saturated rings. The molecule has 4 nitrogen and oxygen atoms in total. The van der Waals surface area contributed by atoms with Crippen LogP contribution in [0.5, 0.6) is 0 Å². The molecule has 2 aromatic carbocycles. The second kappa shape index (κ2) is 8.57. The molecule has 29 heavy (non-hydrogen) atoms. The second-order valence-corrected chi connectivity index (χ2v) is 7.65. The third-order valence-electron chi connectivity index (χ3n) is 4.55. The van der Waals surface area contributed by atoms with Crippen LogP contribution in [0.2, 0.25) is 10.0 Å². The Morgan fingerprint density at radius 2 is 1.66 bits per heavy atom. The molecule has 0 radical (unpaired) electrons. The summed E-state index contributed by atoms with van der Waals surface area (Å²) < 4.78 is 1.98. The molecule has 3 aromatic rings. The molecule has 146 valence electrons. The summed E-state index contributed by atoms with van der Waals surface area (Å²) in [6, 6.07) is 16.6. The maximum atomic E-state index is 12.6. The van der Waals surface area contributed by atoms with Gasteiger partial charge in [0.1, 0.15) is 11.6 Å². The summed E-state index contributed by atoms with van der Waals surface area (Å²) in [7, 11) is 0. The second-order valence-electron chi connectivity index (χ2n) is 6.78. The predicted octanol–water partition coefficient (Wildman–Crippen LogP) is 6.26. The standard InChI is InChI=1S/C23H19Cl2N3O/c1-14-4-6-21(7-5-14)27-23(29)18(13-26)9-17-8-15(2)28(16(17)3)22-11-19(24)10-20(25)12-22/h4-12H,1-3H3,(H,27,29)/b18-9+. The topological polar surface area (TPSA) is 57.8 Å². The molecule has 0 unspecified atom stereocenters. The monoisotopic (exact) mass is 423 g/mol. The predicted molar refractivity (Wildman–Crippen MR) is 119 cm³/mol. The summed E-state index contributed by atoms with van der Waals surface area (Å²) in [6.45, 7) is 5.83. The molecule has 0 aliphatic heterocycles. The average Bonchev–Trinajstić information content (AvgIpc) is 2.94. The van der Waals surface area contributed by atoms with Crippen molar-refractivity contribution in [2.24, 2.45) is 0 Å². The lowest BCUT2D eigenvalue weighted by Gasteiger charge is -2.11.